The molecular weight excluding hydrogens is 450 g/mol. The summed E-state index contributed by atoms with van der Waals surface area (Å²) in [6.07, 6.45) is 2.26. The fourth-order valence-corrected chi connectivity index (χ4v) is 6.31. The summed E-state index contributed by atoms with van der Waals surface area (Å²) in [5.41, 5.74) is 1.37. The van der Waals surface area contributed by atoms with Gasteiger partial charge in [0.2, 0.25) is 5.91 Å². The van der Waals surface area contributed by atoms with Crippen molar-refractivity contribution < 1.29 is 19.1 Å². The molecule has 1 N–H and O–H groups in total. The predicted octanol–water partition coefficient (Wildman–Crippen LogP) is 4.00. The summed E-state index contributed by atoms with van der Waals surface area (Å²) in [7, 11) is 0. The molecule has 0 bridgehead atoms. The van der Waals surface area contributed by atoms with E-state index in [0.717, 1.165) is 33.7 Å². The fraction of sp³-hybridized carbons (Fsp3) is 0.269. The highest BCUT2D eigenvalue weighted by molar-refractivity contribution is 7.10. The van der Waals surface area contributed by atoms with Gasteiger partial charge >= 0.3 is 6.03 Å². The Morgan fingerprint density at radius 1 is 1.09 bits per heavy atom. The van der Waals surface area contributed by atoms with Crippen molar-refractivity contribution in [3.05, 3.63) is 82.0 Å². The number of urea groups is 1. The zero-order chi connectivity index (χ0) is 23.3. The number of ether oxygens (including phenoxy) is 1. The van der Waals surface area contributed by atoms with E-state index in [0.29, 0.717) is 17.9 Å². The maximum atomic E-state index is 13.8. The van der Waals surface area contributed by atoms with Crippen LogP contribution in [-0.4, -0.2) is 35.9 Å². The number of aryl methyl sites for hydroxylation is 1. The van der Waals surface area contributed by atoms with Crippen LogP contribution in [0.1, 0.15) is 34.9 Å². The van der Waals surface area contributed by atoms with Crippen LogP contribution < -0.4 is 15.0 Å². The van der Waals surface area contributed by atoms with Gasteiger partial charge in [0.1, 0.15) is 24.4 Å². The molecule has 1 spiro atoms. The van der Waals surface area contributed by atoms with Crippen molar-refractivity contribution in [1.82, 2.24) is 10.2 Å². The van der Waals surface area contributed by atoms with Crippen molar-refractivity contribution in [2.24, 2.45) is 0 Å². The highest BCUT2D eigenvalue weighted by Crippen LogP contribution is 2.43. The maximum absolute atomic E-state index is 13.8. The Morgan fingerprint density at radius 2 is 1.88 bits per heavy atom. The lowest BCUT2D eigenvalue weighted by atomic mass is 9.80. The number of para-hydroxylation sites is 2. The first-order chi connectivity index (χ1) is 16.6. The van der Waals surface area contributed by atoms with Gasteiger partial charge in [-0.1, -0.05) is 42.5 Å². The van der Waals surface area contributed by atoms with Gasteiger partial charge in [0, 0.05) is 10.4 Å². The molecule has 6 rings (SSSR count). The van der Waals surface area contributed by atoms with Crippen molar-refractivity contribution >= 4 is 34.9 Å². The number of hydrogen-bond donors (Lipinski definition) is 1. The number of anilines is 1. The molecule has 0 unspecified atom stereocenters. The average Bonchev–Trinajstić information content (AvgIpc) is 3.44. The Hall–Kier alpha value is -3.65. The van der Waals surface area contributed by atoms with Crippen LogP contribution in [0.2, 0.25) is 0 Å². The highest BCUT2D eigenvalue weighted by atomic mass is 32.1. The zero-order valence-electron chi connectivity index (χ0n) is 18.4. The third kappa shape index (κ3) is 3.13. The van der Waals surface area contributed by atoms with Gasteiger partial charge in [-0.05, 0) is 48.4 Å². The van der Waals surface area contributed by atoms with Gasteiger partial charge in [-0.25, -0.2) is 4.79 Å². The number of nitrogens with one attached hydrogen (secondary N) is 1. The number of amides is 4. The van der Waals surface area contributed by atoms with E-state index in [4.69, 9.17) is 4.74 Å². The fourth-order valence-electron chi connectivity index (χ4n) is 5.31. The molecule has 8 heteroatoms. The maximum Gasteiger partial charge on any atom is 0.325 e. The molecule has 0 radical (unpaired) electrons. The lowest BCUT2D eigenvalue weighted by Gasteiger charge is -2.38. The van der Waals surface area contributed by atoms with Crippen molar-refractivity contribution in [1.29, 1.82) is 0 Å². The second kappa shape index (κ2) is 7.99. The number of rotatable bonds is 3. The van der Waals surface area contributed by atoms with Crippen molar-refractivity contribution in [2.75, 3.05) is 18.1 Å². The molecule has 1 aromatic heterocycles. The summed E-state index contributed by atoms with van der Waals surface area (Å²) in [6, 6.07) is 18.0. The molecule has 2 aromatic carbocycles. The van der Waals surface area contributed by atoms with E-state index in [1.54, 1.807) is 16.2 Å². The first kappa shape index (κ1) is 20.9. The van der Waals surface area contributed by atoms with E-state index in [1.807, 2.05) is 66.0 Å². The molecule has 34 heavy (non-hydrogen) atoms. The molecule has 7 nitrogen and oxygen atoms in total. The van der Waals surface area contributed by atoms with Crippen LogP contribution >= 0.6 is 11.3 Å². The SMILES string of the molecule is O=C1N[C@]2(CCCc3sccc32)C(=O)N1CC(=O)N1c2ccccc2OC[C@H]1c1ccccc1. The molecular formula is C26H23N3O4S. The molecule has 0 saturated carbocycles. The average molecular weight is 474 g/mol. The van der Waals surface area contributed by atoms with Crippen LogP contribution in [0.4, 0.5) is 10.5 Å². The van der Waals surface area contributed by atoms with E-state index < -0.39 is 11.6 Å². The minimum Gasteiger partial charge on any atom is -0.489 e. The minimum atomic E-state index is -1.06. The molecule has 2 atom stereocenters. The van der Waals surface area contributed by atoms with Crippen molar-refractivity contribution in [3.63, 3.8) is 0 Å². The van der Waals surface area contributed by atoms with E-state index in [2.05, 4.69) is 5.32 Å². The molecule has 3 aliphatic rings. The number of thiophene rings is 1. The quantitative estimate of drug-likeness (QED) is 0.584. The molecule has 2 aliphatic heterocycles. The van der Waals surface area contributed by atoms with E-state index in [-0.39, 0.29) is 31.0 Å². The van der Waals surface area contributed by atoms with E-state index in [9.17, 15) is 14.4 Å². The summed E-state index contributed by atoms with van der Waals surface area (Å²) >= 11 is 1.61. The van der Waals surface area contributed by atoms with E-state index >= 15 is 0 Å². The molecule has 1 fully saturated rings. The molecule has 3 heterocycles. The minimum absolute atomic E-state index is 0.287. The number of fused-ring (bicyclic) bond motifs is 3. The number of imide groups is 1. The third-order valence-corrected chi connectivity index (χ3v) is 7.90. The zero-order valence-corrected chi connectivity index (χ0v) is 19.2. The Bertz CT molecular complexity index is 1290. The van der Waals surface area contributed by atoms with Crippen molar-refractivity contribution in [2.45, 2.75) is 30.8 Å². The van der Waals surface area contributed by atoms with Gasteiger partial charge < -0.3 is 10.1 Å². The lowest BCUT2D eigenvalue weighted by Crippen LogP contribution is -2.49. The van der Waals surface area contributed by atoms with Gasteiger partial charge in [0.15, 0.2) is 0 Å². The first-order valence-corrected chi connectivity index (χ1v) is 12.3. The Morgan fingerprint density at radius 3 is 2.74 bits per heavy atom. The smallest absolute Gasteiger partial charge is 0.325 e. The second-order valence-corrected chi connectivity index (χ2v) is 9.81. The number of benzene rings is 2. The summed E-state index contributed by atoms with van der Waals surface area (Å²) in [4.78, 5) is 44.3. The Labute approximate surface area is 200 Å². The number of nitrogens with zero attached hydrogens (tertiary/aromatic N) is 2. The highest BCUT2D eigenvalue weighted by Gasteiger charge is 2.55. The molecule has 1 saturated heterocycles. The Kier molecular flexibility index (Phi) is 4.91. The number of hydrogen-bond acceptors (Lipinski definition) is 5. The standard InChI is InChI=1S/C26H23N3O4S/c30-23(15-28-24(31)26(27-25(28)32)13-6-11-22-18(26)12-14-34-22)29-19-9-4-5-10-21(19)33-16-20(29)17-7-2-1-3-8-17/h1-5,7-10,12,14,20H,6,11,13,15-16H2,(H,27,32)/t20-,26-/m0/s1. The summed E-state index contributed by atoms with van der Waals surface area (Å²) in [5, 5.41) is 4.89. The topological polar surface area (TPSA) is 79.0 Å². The Balaban J connectivity index is 1.33. The van der Waals surface area contributed by atoms with Gasteiger partial charge in [0.05, 0.1) is 11.7 Å². The molecule has 1 aliphatic carbocycles. The molecule has 3 aromatic rings. The van der Waals surface area contributed by atoms with Gasteiger partial charge in [-0.15, -0.1) is 11.3 Å². The van der Waals surface area contributed by atoms with Crippen LogP contribution in [0.25, 0.3) is 0 Å². The largest absolute Gasteiger partial charge is 0.489 e. The molecule has 4 amide bonds. The predicted molar refractivity (Wildman–Crippen MR) is 128 cm³/mol. The molecule has 172 valence electrons. The summed E-state index contributed by atoms with van der Waals surface area (Å²) in [6.45, 7) is -0.0430. The second-order valence-electron chi connectivity index (χ2n) is 8.81. The van der Waals surface area contributed by atoms with Crippen LogP contribution in [-0.2, 0) is 21.5 Å². The normalized spacial score (nSPS) is 23.4. The van der Waals surface area contributed by atoms with Gasteiger partial charge in [0.25, 0.3) is 5.91 Å². The van der Waals surface area contributed by atoms with Gasteiger partial charge in [-0.3, -0.25) is 19.4 Å². The number of carbonyl (C=O) groups is 3. The lowest BCUT2D eigenvalue weighted by molar-refractivity contribution is -0.135. The van der Waals surface area contributed by atoms with Gasteiger partial charge in [-0.2, -0.15) is 0 Å². The van der Waals surface area contributed by atoms with E-state index in [1.165, 1.54) is 0 Å². The summed E-state index contributed by atoms with van der Waals surface area (Å²) in [5.74, 6) is -0.0681. The third-order valence-electron chi connectivity index (χ3n) is 6.92. The monoisotopic (exact) mass is 473 g/mol. The van der Waals surface area contributed by atoms with Crippen molar-refractivity contribution in [3.8, 4) is 5.75 Å². The van der Waals surface area contributed by atoms with Crippen LogP contribution in [0.3, 0.4) is 0 Å². The van der Waals surface area contributed by atoms with Crippen LogP contribution in [0.5, 0.6) is 5.75 Å². The van der Waals surface area contributed by atoms with Crippen LogP contribution in [0.15, 0.2) is 66.0 Å². The summed E-state index contributed by atoms with van der Waals surface area (Å²) < 4.78 is 5.95. The first-order valence-electron chi connectivity index (χ1n) is 11.4. The number of carbonyl (C=O) groups excluding carboxylic acids is 3. The van der Waals surface area contributed by atoms with Crippen LogP contribution in [0, 0.1) is 0 Å².